The van der Waals surface area contributed by atoms with Crippen LogP contribution in [0.3, 0.4) is 0 Å². The average molecular weight is 541 g/mol. The monoisotopic (exact) mass is 540 g/mol. The lowest BCUT2D eigenvalue weighted by Gasteiger charge is -2.20. The normalized spacial score (nSPS) is 13.5. The van der Waals surface area contributed by atoms with Crippen LogP contribution in [0.5, 0.6) is 5.75 Å². The van der Waals surface area contributed by atoms with E-state index in [2.05, 4.69) is 15.0 Å². The fourth-order valence-corrected chi connectivity index (χ4v) is 5.94. The highest BCUT2D eigenvalue weighted by Crippen LogP contribution is 2.43. The van der Waals surface area contributed by atoms with Gasteiger partial charge in [0.1, 0.15) is 10.6 Å². The highest BCUT2D eigenvalue weighted by molar-refractivity contribution is 7.92. The second-order valence-corrected chi connectivity index (χ2v) is 12.0. The lowest BCUT2D eigenvalue weighted by atomic mass is 10.1. The Morgan fingerprint density at radius 1 is 1.00 bits per heavy atom. The summed E-state index contributed by atoms with van der Waals surface area (Å²) in [5.41, 5.74) is 0.360. The van der Waals surface area contributed by atoms with Crippen LogP contribution in [0.15, 0.2) is 68.6 Å². The van der Waals surface area contributed by atoms with E-state index in [0.29, 0.717) is 5.69 Å². The zero-order valence-electron chi connectivity index (χ0n) is 19.0. The smallest absolute Gasteiger partial charge is 0.246 e. The predicted octanol–water partition coefficient (Wildman–Crippen LogP) is 3.94. The first-order valence-corrected chi connectivity index (χ1v) is 14.7. The Morgan fingerprint density at radius 2 is 1.63 bits per heavy atom. The topological polar surface area (TPSA) is 166 Å². The van der Waals surface area contributed by atoms with Crippen molar-refractivity contribution in [2.45, 2.75) is 23.6 Å². The van der Waals surface area contributed by atoms with Gasteiger partial charge in [-0.05, 0) is 36.4 Å². The van der Waals surface area contributed by atoms with Gasteiger partial charge in [0.15, 0.2) is 11.1 Å². The number of phenols is 1. The standard InChI is InChI=1S/C21H24N4O7S3/c1-4-25(5-2)35(31,32)19-13-18(23-22-14-9-11-15(12-10-14)33(27)28)20-16(21(19)26)7-6-8-17(20)24-34(3,29)30/h6-13,24,26H,4-5H2,1-3H3,(H,27,28). The Labute approximate surface area is 205 Å². The molecule has 14 heteroatoms. The van der Waals surface area contributed by atoms with Crippen LogP contribution in [0.1, 0.15) is 13.8 Å². The summed E-state index contributed by atoms with van der Waals surface area (Å²) < 4.78 is 74.2. The van der Waals surface area contributed by atoms with E-state index in [1.807, 2.05) is 0 Å². The van der Waals surface area contributed by atoms with Crippen LogP contribution in [0.25, 0.3) is 10.8 Å². The molecule has 3 aromatic rings. The van der Waals surface area contributed by atoms with Crippen molar-refractivity contribution in [2.24, 2.45) is 10.2 Å². The van der Waals surface area contributed by atoms with Gasteiger partial charge in [-0.15, -0.1) is 5.11 Å². The van der Waals surface area contributed by atoms with Gasteiger partial charge in [-0.25, -0.2) is 21.0 Å². The highest BCUT2D eigenvalue weighted by atomic mass is 32.2. The van der Waals surface area contributed by atoms with Gasteiger partial charge >= 0.3 is 0 Å². The Bertz CT molecular complexity index is 1520. The Hall–Kier alpha value is -2.91. The van der Waals surface area contributed by atoms with Gasteiger partial charge < -0.3 is 9.66 Å². The zero-order valence-corrected chi connectivity index (χ0v) is 21.5. The van der Waals surface area contributed by atoms with E-state index in [0.717, 1.165) is 12.3 Å². The molecule has 0 heterocycles. The van der Waals surface area contributed by atoms with Crippen molar-refractivity contribution in [1.82, 2.24) is 4.31 Å². The first-order chi connectivity index (χ1) is 16.4. The first kappa shape index (κ1) is 26.7. The molecule has 0 aliphatic rings. The molecule has 0 spiro atoms. The molecule has 0 amide bonds. The Balaban J connectivity index is 2.30. The maximum atomic E-state index is 13.2. The molecular weight excluding hydrogens is 516 g/mol. The minimum Gasteiger partial charge on any atom is -0.506 e. The number of rotatable bonds is 9. The molecular formula is C21H24N4O7S3. The number of hydrogen-bond acceptors (Lipinski definition) is 8. The van der Waals surface area contributed by atoms with Gasteiger partial charge in [0.05, 0.1) is 28.2 Å². The molecule has 0 radical (unpaired) electrons. The molecule has 0 aromatic heterocycles. The van der Waals surface area contributed by atoms with Crippen LogP contribution >= 0.6 is 0 Å². The van der Waals surface area contributed by atoms with Gasteiger partial charge in [-0.2, -0.15) is 9.42 Å². The van der Waals surface area contributed by atoms with E-state index in [9.17, 15) is 26.2 Å². The minimum atomic E-state index is -4.11. The van der Waals surface area contributed by atoms with E-state index in [-0.39, 0.29) is 40.1 Å². The number of hydrogen-bond donors (Lipinski definition) is 3. The van der Waals surface area contributed by atoms with Crippen molar-refractivity contribution in [1.29, 1.82) is 0 Å². The molecule has 11 nitrogen and oxygen atoms in total. The third-order valence-corrected chi connectivity index (χ3v) is 8.34. The van der Waals surface area contributed by atoms with Gasteiger partial charge in [0, 0.05) is 23.9 Å². The number of aromatic hydroxyl groups is 1. The van der Waals surface area contributed by atoms with Crippen molar-refractivity contribution in [3.63, 3.8) is 0 Å². The summed E-state index contributed by atoms with van der Waals surface area (Å²) in [7, 11) is -7.83. The number of fused-ring (bicyclic) bond motifs is 1. The number of nitrogens with one attached hydrogen (secondary N) is 1. The van der Waals surface area contributed by atoms with E-state index in [1.54, 1.807) is 13.8 Å². The van der Waals surface area contributed by atoms with Gasteiger partial charge in [0.2, 0.25) is 20.0 Å². The summed E-state index contributed by atoms with van der Waals surface area (Å²) in [6.07, 6.45) is 0.957. The summed E-state index contributed by atoms with van der Waals surface area (Å²) in [6, 6.07) is 11.2. The molecule has 0 aliphatic carbocycles. The SMILES string of the molecule is CCN(CC)S(=O)(=O)c1cc(N=Nc2ccc(S(=O)O)cc2)c2c(NS(C)(=O)=O)cccc2c1O. The van der Waals surface area contributed by atoms with Crippen LogP contribution in [0.4, 0.5) is 17.1 Å². The molecule has 0 fully saturated rings. The Kier molecular flexibility index (Phi) is 7.91. The fraction of sp³-hybridized carbons (Fsp3) is 0.238. The molecule has 35 heavy (non-hydrogen) atoms. The molecule has 0 aliphatic heterocycles. The number of phenolic OH excluding ortho intramolecular Hbond substituents is 1. The summed E-state index contributed by atoms with van der Waals surface area (Å²) in [5, 5.41) is 19.4. The van der Waals surface area contributed by atoms with E-state index < -0.39 is 41.8 Å². The van der Waals surface area contributed by atoms with Crippen molar-refractivity contribution in [2.75, 3.05) is 24.1 Å². The molecule has 0 saturated heterocycles. The van der Waals surface area contributed by atoms with E-state index in [4.69, 9.17) is 4.55 Å². The maximum Gasteiger partial charge on any atom is 0.246 e. The van der Waals surface area contributed by atoms with Crippen molar-refractivity contribution >= 4 is 59.0 Å². The number of azo groups is 1. The highest BCUT2D eigenvalue weighted by Gasteiger charge is 2.28. The van der Waals surface area contributed by atoms with Gasteiger partial charge in [-0.1, -0.05) is 26.0 Å². The molecule has 1 atom stereocenters. The number of sulfonamides is 2. The van der Waals surface area contributed by atoms with Gasteiger partial charge in [-0.3, -0.25) is 4.72 Å². The largest absolute Gasteiger partial charge is 0.506 e. The minimum absolute atomic E-state index is 0.00917. The zero-order chi connectivity index (χ0) is 26.0. The predicted molar refractivity (Wildman–Crippen MR) is 134 cm³/mol. The van der Waals surface area contributed by atoms with Crippen LogP contribution < -0.4 is 4.72 Å². The van der Waals surface area contributed by atoms with Crippen LogP contribution in [-0.4, -0.2) is 54.4 Å². The number of benzene rings is 3. The third-order valence-electron chi connectivity index (χ3n) is 5.01. The molecule has 3 aromatic carbocycles. The third kappa shape index (κ3) is 5.85. The van der Waals surface area contributed by atoms with Crippen LogP contribution in [0, 0.1) is 0 Å². The maximum absolute atomic E-state index is 13.2. The summed E-state index contributed by atoms with van der Waals surface area (Å²) in [6.45, 7) is 3.66. The van der Waals surface area contributed by atoms with Crippen molar-refractivity contribution < 1.29 is 30.7 Å². The number of anilines is 1. The van der Waals surface area contributed by atoms with E-state index >= 15 is 0 Å². The number of nitrogens with zero attached hydrogens (tertiary/aromatic N) is 3. The lowest BCUT2D eigenvalue weighted by molar-refractivity contribution is 0.431. The van der Waals surface area contributed by atoms with Crippen LogP contribution in [-0.2, 0) is 31.1 Å². The average Bonchev–Trinajstić information content (AvgIpc) is 2.78. The molecule has 0 saturated carbocycles. The van der Waals surface area contributed by atoms with Gasteiger partial charge in [0.25, 0.3) is 0 Å². The summed E-state index contributed by atoms with van der Waals surface area (Å²) in [4.78, 5) is -0.239. The summed E-state index contributed by atoms with van der Waals surface area (Å²) in [5.74, 6) is -0.544. The molecule has 3 N–H and O–H groups in total. The van der Waals surface area contributed by atoms with Crippen molar-refractivity contribution in [3.05, 3.63) is 48.5 Å². The fourth-order valence-electron chi connectivity index (χ4n) is 3.43. The second kappa shape index (κ2) is 10.4. The molecule has 188 valence electrons. The Morgan fingerprint density at radius 3 is 2.17 bits per heavy atom. The van der Waals surface area contributed by atoms with E-state index in [1.165, 1.54) is 46.8 Å². The van der Waals surface area contributed by atoms with Crippen LogP contribution in [0.2, 0.25) is 0 Å². The molecule has 3 rings (SSSR count). The quantitative estimate of drug-likeness (QED) is 0.273. The molecule has 0 bridgehead atoms. The molecule has 1 unspecified atom stereocenters. The first-order valence-electron chi connectivity index (χ1n) is 10.3. The van der Waals surface area contributed by atoms with Crippen molar-refractivity contribution in [3.8, 4) is 5.75 Å². The summed E-state index contributed by atoms with van der Waals surface area (Å²) >= 11 is -2.17. The lowest BCUT2D eigenvalue weighted by Crippen LogP contribution is -2.30. The second-order valence-electron chi connectivity index (χ2n) is 7.38.